The number of fused-ring (bicyclic) bond motifs is 4. The van der Waals surface area contributed by atoms with Crippen molar-refractivity contribution in [3.8, 4) is 17.2 Å². The Bertz CT molecular complexity index is 1080. The second-order valence-electron chi connectivity index (χ2n) is 7.03. The Morgan fingerprint density at radius 3 is 2.57 bits per heavy atom. The Kier molecular flexibility index (Phi) is 3.36. The van der Waals surface area contributed by atoms with Crippen LogP contribution in [0.2, 0.25) is 0 Å². The van der Waals surface area contributed by atoms with Gasteiger partial charge in [-0.25, -0.2) is 0 Å². The van der Waals surface area contributed by atoms with Gasteiger partial charge < -0.3 is 19.6 Å². The highest BCUT2D eigenvalue weighted by molar-refractivity contribution is 5.70. The largest absolute Gasteiger partial charge is 0.469 e. The number of hydrogen-bond acceptors (Lipinski definition) is 5. The zero-order valence-corrected chi connectivity index (χ0v) is 15.0. The third-order valence-electron chi connectivity index (χ3n) is 5.37. The lowest BCUT2D eigenvalue weighted by Gasteiger charge is -2.38. The summed E-state index contributed by atoms with van der Waals surface area (Å²) in [5, 5.41) is 2.16. The maximum atomic E-state index is 6.38. The molecule has 0 aliphatic carbocycles. The van der Waals surface area contributed by atoms with Crippen LogP contribution in [0.5, 0.6) is 17.2 Å². The summed E-state index contributed by atoms with van der Waals surface area (Å²) in [5.74, 6) is 2.49. The Balaban J connectivity index is 1.42. The van der Waals surface area contributed by atoms with Gasteiger partial charge in [0.1, 0.15) is 5.75 Å². The van der Waals surface area contributed by atoms with Crippen LogP contribution in [0, 0.1) is 0 Å². The molecule has 2 atom stereocenters. The van der Waals surface area contributed by atoms with Crippen molar-refractivity contribution >= 4 is 5.70 Å². The van der Waals surface area contributed by atoms with Gasteiger partial charge in [-0.05, 0) is 30.3 Å². The summed E-state index contributed by atoms with van der Waals surface area (Å²) in [5.41, 5.74) is 7.91. The van der Waals surface area contributed by atoms with Crippen LogP contribution in [0.15, 0.2) is 78.9 Å². The predicted molar refractivity (Wildman–Crippen MR) is 105 cm³/mol. The first-order valence-corrected chi connectivity index (χ1v) is 9.34. The van der Waals surface area contributed by atoms with E-state index in [2.05, 4.69) is 46.8 Å². The van der Waals surface area contributed by atoms with Gasteiger partial charge in [-0.2, -0.15) is 5.01 Å². The quantitative estimate of drug-likeness (QED) is 0.724. The van der Waals surface area contributed by atoms with E-state index in [1.54, 1.807) is 0 Å². The van der Waals surface area contributed by atoms with E-state index in [1.165, 1.54) is 0 Å². The molecule has 0 radical (unpaired) electrons. The number of hydrogen-bond donors (Lipinski definition) is 1. The van der Waals surface area contributed by atoms with Gasteiger partial charge in [-0.3, -0.25) is 0 Å². The molecule has 0 aromatic heterocycles. The van der Waals surface area contributed by atoms with E-state index in [4.69, 9.17) is 14.2 Å². The molecule has 0 amide bonds. The molecule has 0 spiro atoms. The molecular formula is C23H18N2O3. The summed E-state index contributed by atoms with van der Waals surface area (Å²) in [6.45, 7) is 0.275. The minimum absolute atomic E-state index is 0.0792. The van der Waals surface area contributed by atoms with E-state index in [-0.39, 0.29) is 19.1 Å². The number of ether oxygens (including phenoxy) is 3. The number of hydrazine groups is 1. The lowest BCUT2D eigenvalue weighted by molar-refractivity contribution is -0.0326. The van der Waals surface area contributed by atoms with Crippen molar-refractivity contribution in [1.82, 2.24) is 10.4 Å². The smallest absolute Gasteiger partial charge is 0.231 e. The minimum Gasteiger partial charge on any atom is -0.469 e. The van der Waals surface area contributed by atoms with Gasteiger partial charge in [0.05, 0.1) is 11.7 Å². The fourth-order valence-corrected chi connectivity index (χ4v) is 4.01. The summed E-state index contributed by atoms with van der Waals surface area (Å²) in [7, 11) is 0. The van der Waals surface area contributed by atoms with Crippen LogP contribution in [0.1, 0.15) is 29.0 Å². The van der Waals surface area contributed by atoms with Gasteiger partial charge in [-0.15, -0.1) is 0 Å². The third kappa shape index (κ3) is 2.37. The molecule has 3 aromatic carbocycles. The summed E-state index contributed by atoms with van der Waals surface area (Å²) in [6, 6.07) is 24.6. The highest BCUT2D eigenvalue weighted by atomic mass is 16.7. The molecule has 0 fully saturated rings. The number of para-hydroxylation sites is 1. The van der Waals surface area contributed by atoms with Gasteiger partial charge in [0, 0.05) is 16.7 Å². The van der Waals surface area contributed by atoms with Crippen molar-refractivity contribution < 1.29 is 14.2 Å². The Morgan fingerprint density at radius 1 is 0.821 bits per heavy atom. The monoisotopic (exact) mass is 370 g/mol. The number of nitrogens with zero attached hydrogens (tertiary/aromatic N) is 1. The van der Waals surface area contributed by atoms with Crippen molar-refractivity contribution in [2.45, 2.75) is 12.3 Å². The van der Waals surface area contributed by atoms with Crippen molar-refractivity contribution in [2.24, 2.45) is 0 Å². The molecule has 0 saturated carbocycles. The van der Waals surface area contributed by atoms with Gasteiger partial charge in [-0.1, -0.05) is 48.5 Å². The van der Waals surface area contributed by atoms with Crippen LogP contribution in [-0.2, 0) is 0 Å². The van der Waals surface area contributed by atoms with E-state index in [1.807, 2.05) is 42.5 Å². The van der Waals surface area contributed by atoms with Crippen molar-refractivity contribution in [3.63, 3.8) is 0 Å². The molecule has 5 nitrogen and oxygen atoms in total. The second kappa shape index (κ2) is 6.04. The van der Waals surface area contributed by atoms with E-state index in [9.17, 15) is 0 Å². The van der Waals surface area contributed by atoms with Crippen molar-refractivity contribution in [2.75, 3.05) is 6.79 Å². The lowest BCUT2D eigenvalue weighted by Crippen LogP contribution is -2.43. The summed E-state index contributed by atoms with van der Waals surface area (Å²) < 4.78 is 17.4. The summed E-state index contributed by atoms with van der Waals surface area (Å²) in [6.07, 6.45) is 2.03. The Hall–Kier alpha value is -3.44. The van der Waals surface area contributed by atoms with Crippen LogP contribution in [-0.4, -0.2) is 11.8 Å². The number of rotatable bonds is 2. The van der Waals surface area contributed by atoms with Gasteiger partial charge in [0.25, 0.3) is 0 Å². The molecule has 3 heterocycles. The molecule has 0 saturated heterocycles. The minimum atomic E-state index is -0.219. The van der Waals surface area contributed by atoms with Crippen molar-refractivity contribution in [1.29, 1.82) is 0 Å². The summed E-state index contributed by atoms with van der Waals surface area (Å²) in [4.78, 5) is 0. The molecule has 28 heavy (non-hydrogen) atoms. The number of nitrogens with one attached hydrogen (secondary N) is 1. The molecule has 5 heteroatoms. The highest BCUT2D eigenvalue weighted by Gasteiger charge is 2.40. The van der Waals surface area contributed by atoms with E-state index in [0.717, 1.165) is 39.6 Å². The molecule has 0 bridgehead atoms. The maximum Gasteiger partial charge on any atom is 0.231 e. The zero-order valence-electron chi connectivity index (χ0n) is 15.0. The molecule has 3 aromatic rings. The molecule has 138 valence electrons. The third-order valence-corrected chi connectivity index (χ3v) is 5.37. The molecule has 3 aliphatic rings. The number of benzene rings is 3. The highest BCUT2D eigenvalue weighted by Crippen LogP contribution is 2.46. The van der Waals surface area contributed by atoms with E-state index < -0.39 is 0 Å². The summed E-state index contributed by atoms with van der Waals surface area (Å²) >= 11 is 0. The topological polar surface area (TPSA) is 43.0 Å². The first-order valence-electron chi connectivity index (χ1n) is 9.34. The van der Waals surface area contributed by atoms with Crippen LogP contribution in [0.25, 0.3) is 5.70 Å². The standard InChI is InChI=1S/C23H18N2O3/c1-2-6-15(7-3-1)23-25-19(17-8-4-5-9-20(17)28-23)13-18(24-25)16-10-11-21-22(12-16)27-14-26-21/h1-13,19,23-24H,14H2/t19-,23+/m1/s1. The molecule has 6 rings (SSSR count). The van der Waals surface area contributed by atoms with Crippen LogP contribution < -0.4 is 19.6 Å². The SMILES string of the molecule is C1=C(c2ccc3c(c2)OCO3)NN2[C@H]1c1ccccc1O[C@H]2c1ccccc1. The van der Waals surface area contributed by atoms with Gasteiger partial charge in [0.15, 0.2) is 17.7 Å². The molecular weight excluding hydrogens is 352 g/mol. The van der Waals surface area contributed by atoms with Crippen LogP contribution >= 0.6 is 0 Å². The van der Waals surface area contributed by atoms with Crippen LogP contribution in [0.4, 0.5) is 0 Å². The van der Waals surface area contributed by atoms with Gasteiger partial charge in [0.2, 0.25) is 6.79 Å². The lowest BCUT2D eigenvalue weighted by atomic mass is 10.0. The van der Waals surface area contributed by atoms with E-state index >= 15 is 0 Å². The van der Waals surface area contributed by atoms with Crippen LogP contribution in [0.3, 0.4) is 0 Å². The second-order valence-corrected chi connectivity index (χ2v) is 7.03. The molecule has 0 unspecified atom stereocenters. The maximum absolute atomic E-state index is 6.38. The average molecular weight is 370 g/mol. The van der Waals surface area contributed by atoms with Crippen molar-refractivity contribution in [3.05, 3.63) is 95.6 Å². The zero-order chi connectivity index (χ0) is 18.5. The fourth-order valence-electron chi connectivity index (χ4n) is 4.01. The van der Waals surface area contributed by atoms with E-state index in [0.29, 0.717) is 0 Å². The average Bonchev–Trinajstić information content (AvgIpc) is 3.40. The Labute approximate surface area is 162 Å². The Morgan fingerprint density at radius 2 is 1.64 bits per heavy atom. The molecule has 3 aliphatic heterocycles. The first kappa shape index (κ1) is 15.6. The first-order chi connectivity index (χ1) is 13.9. The molecule has 1 N–H and O–H groups in total. The van der Waals surface area contributed by atoms with Gasteiger partial charge >= 0.3 is 0 Å². The fraction of sp³-hybridized carbons (Fsp3) is 0.130. The normalized spacial score (nSPS) is 21.9. The predicted octanol–water partition coefficient (Wildman–Crippen LogP) is 4.41.